The second-order valence-corrected chi connectivity index (χ2v) is 15.6. The molecule has 5 heteroatoms. The lowest BCUT2D eigenvalue weighted by Crippen LogP contribution is -1.98. The lowest BCUT2D eigenvalue weighted by atomic mass is 9.93. The predicted molar refractivity (Wildman–Crippen MR) is 252 cm³/mol. The third-order valence-corrected chi connectivity index (χ3v) is 11.8. The van der Waals surface area contributed by atoms with E-state index < -0.39 is 0 Å². The Balaban J connectivity index is 1.10. The number of fused-ring (bicyclic) bond motifs is 6. The van der Waals surface area contributed by atoms with Crippen LogP contribution in [0.25, 0.3) is 122 Å². The van der Waals surface area contributed by atoms with Gasteiger partial charge >= 0.3 is 0 Å². The van der Waals surface area contributed by atoms with Crippen LogP contribution in [0.5, 0.6) is 0 Å². The minimum Gasteiger partial charge on any atom is -0.456 e. The van der Waals surface area contributed by atoms with Gasteiger partial charge in [0.05, 0.1) is 11.4 Å². The zero-order valence-corrected chi connectivity index (χ0v) is 33.4. The first kappa shape index (κ1) is 35.5. The number of rotatable bonds is 7. The van der Waals surface area contributed by atoms with Crippen molar-refractivity contribution in [3.05, 3.63) is 213 Å². The Morgan fingerprint density at radius 3 is 1.45 bits per heavy atom. The molecule has 8 aromatic carbocycles. The van der Waals surface area contributed by atoms with Gasteiger partial charge in [-0.05, 0) is 112 Å². The second kappa shape index (κ2) is 14.7. The van der Waals surface area contributed by atoms with Crippen LogP contribution in [0.15, 0.2) is 221 Å². The first-order chi connectivity index (χ1) is 30.7. The van der Waals surface area contributed by atoms with E-state index in [4.69, 9.17) is 18.8 Å². The fraction of sp³-hybridized carbons (Fsp3) is 0. The van der Waals surface area contributed by atoms with E-state index in [0.29, 0.717) is 5.82 Å². The van der Waals surface area contributed by atoms with Crippen LogP contribution in [-0.2, 0) is 0 Å². The molecule has 0 aliphatic rings. The number of pyridine rings is 1. The first-order valence-electron chi connectivity index (χ1n) is 20.7. The van der Waals surface area contributed by atoms with E-state index in [1.165, 1.54) is 0 Å². The molecule has 0 atom stereocenters. The van der Waals surface area contributed by atoms with Crippen molar-refractivity contribution in [3.63, 3.8) is 0 Å². The van der Waals surface area contributed by atoms with Crippen LogP contribution in [0.3, 0.4) is 0 Å². The number of para-hydroxylation sites is 2. The first-order valence-corrected chi connectivity index (χ1v) is 20.7. The maximum atomic E-state index is 6.26. The topological polar surface area (TPSA) is 65.0 Å². The molecule has 0 radical (unpaired) electrons. The molecule has 0 saturated carbocycles. The van der Waals surface area contributed by atoms with E-state index >= 15 is 0 Å². The minimum absolute atomic E-state index is 0.631. The summed E-state index contributed by atoms with van der Waals surface area (Å²) in [4.78, 5) is 15.2. The van der Waals surface area contributed by atoms with Gasteiger partial charge in [0.15, 0.2) is 5.82 Å². The van der Waals surface area contributed by atoms with Crippen LogP contribution in [-0.4, -0.2) is 15.0 Å². The summed E-state index contributed by atoms with van der Waals surface area (Å²) in [5.41, 5.74) is 16.5. The standard InChI is InChI=1S/C57H35N3O2/c1-2-12-36(13-3-1)37-14-10-15-40(28-37)51-34-52(60-57(59-51)48-20-5-4-17-45(48)41-16-11-27-58-35-41)44-30-42(38-23-25-55-49(32-38)46-18-6-8-21-53(46)61-55)29-43(31-44)39-24-26-56-50(33-39)47-19-7-9-22-54(47)62-56/h1-35H. The molecule has 0 unspecified atom stereocenters. The van der Waals surface area contributed by atoms with Gasteiger partial charge in [-0.1, -0.05) is 127 Å². The van der Waals surface area contributed by atoms with Crippen LogP contribution in [0.2, 0.25) is 0 Å². The van der Waals surface area contributed by atoms with Crippen molar-refractivity contribution in [1.82, 2.24) is 15.0 Å². The third kappa shape index (κ3) is 6.32. The number of benzene rings is 8. The number of aromatic nitrogens is 3. The molecule has 12 rings (SSSR count). The normalized spacial score (nSPS) is 11.5. The summed E-state index contributed by atoms with van der Waals surface area (Å²) in [5, 5.41) is 4.34. The van der Waals surface area contributed by atoms with E-state index in [9.17, 15) is 0 Å². The average molecular weight is 794 g/mol. The van der Waals surface area contributed by atoms with Crippen molar-refractivity contribution in [2.75, 3.05) is 0 Å². The minimum atomic E-state index is 0.631. The summed E-state index contributed by atoms with van der Waals surface area (Å²) < 4.78 is 12.5. The molecule has 4 heterocycles. The van der Waals surface area contributed by atoms with Gasteiger partial charge in [-0.2, -0.15) is 0 Å². The Morgan fingerprint density at radius 1 is 0.290 bits per heavy atom. The summed E-state index contributed by atoms with van der Waals surface area (Å²) in [6.07, 6.45) is 3.69. The Labute approximate surface area is 357 Å². The van der Waals surface area contributed by atoms with Gasteiger partial charge in [0, 0.05) is 56.2 Å². The fourth-order valence-electron chi connectivity index (χ4n) is 8.72. The molecule has 0 spiro atoms. The van der Waals surface area contributed by atoms with E-state index in [2.05, 4.69) is 163 Å². The van der Waals surface area contributed by atoms with Gasteiger partial charge < -0.3 is 8.83 Å². The van der Waals surface area contributed by atoms with Gasteiger partial charge in [-0.25, -0.2) is 9.97 Å². The lowest BCUT2D eigenvalue weighted by molar-refractivity contribution is 0.668. The molecule has 0 bridgehead atoms. The van der Waals surface area contributed by atoms with Crippen LogP contribution in [0, 0.1) is 0 Å². The van der Waals surface area contributed by atoms with Crippen LogP contribution >= 0.6 is 0 Å². The summed E-state index contributed by atoms with van der Waals surface area (Å²) in [7, 11) is 0. The zero-order valence-electron chi connectivity index (χ0n) is 33.4. The maximum Gasteiger partial charge on any atom is 0.161 e. The van der Waals surface area contributed by atoms with Gasteiger partial charge in [-0.3, -0.25) is 4.98 Å². The molecule has 0 aliphatic heterocycles. The Morgan fingerprint density at radius 2 is 0.790 bits per heavy atom. The van der Waals surface area contributed by atoms with E-state index in [1.54, 1.807) is 6.20 Å². The predicted octanol–water partition coefficient (Wildman–Crippen LogP) is 15.3. The van der Waals surface area contributed by atoms with Crippen LogP contribution in [0.1, 0.15) is 0 Å². The van der Waals surface area contributed by atoms with Gasteiger partial charge in [-0.15, -0.1) is 0 Å². The lowest BCUT2D eigenvalue weighted by Gasteiger charge is -2.15. The molecule has 4 aromatic heterocycles. The highest BCUT2D eigenvalue weighted by molar-refractivity contribution is 6.08. The zero-order chi connectivity index (χ0) is 41.0. The molecule has 290 valence electrons. The van der Waals surface area contributed by atoms with Crippen molar-refractivity contribution >= 4 is 43.9 Å². The van der Waals surface area contributed by atoms with E-state index in [0.717, 1.165) is 116 Å². The van der Waals surface area contributed by atoms with Gasteiger partial charge in [0.1, 0.15) is 22.3 Å². The number of hydrogen-bond donors (Lipinski definition) is 0. The van der Waals surface area contributed by atoms with Crippen molar-refractivity contribution in [2.24, 2.45) is 0 Å². The molecule has 0 aliphatic carbocycles. The molecule has 0 fully saturated rings. The Bertz CT molecular complexity index is 3510. The molecular formula is C57H35N3O2. The molecule has 62 heavy (non-hydrogen) atoms. The fourth-order valence-corrected chi connectivity index (χ4v) is 8.72. The largest absolute Gasteiger partial charge is 0.456 e. The molecule has 0 N–H and O–H groups in total. The van der Waals surface area contributed by atoms with E-state index in [-0.39, 0.29) is 0 Å². The summed E-state index contributed by atoms with van der Waals surface area (Å²) >= 11 is 0. The SMILES string of the molecule is c1ccc(-c2cccc(-c3cc(-c4cc(-c5ccc6oc7ccccc7c6c5)cc(-c5ccc6oc7ccccc7c6c5)c4)nc(-c4ccccc4-c4cccnc4)n3)c2)cc1. The van der Waals surface area contributed by atoms with Crippen molar-refractivity contribution in [3.8, 4) is 78.4 Å². The molecule has 0 saturated heterocycles. The molecular weight excluding hydrogens is 759 g/mol. The summed E-state index contributed by atoms with van der Waals surface area (Å²) in [6.45, 7) is 0. The highest BCUT2D eigenvalue weighted by Gasteiger charge is 2.18. The quantitative estimate of drug-likeness (QED) is 0.161. The number of hydrogen-bond acceptors (Lipinski definition) is 5. The Hall–Kier alpha value is -8.41. The van der Waals surface area contributed by atoms with Crippen LogP contribution in [0.4, 0.5) is 0 Å². The summed E-state index contributed by atoms with van der Waals surface area (Å²) in [5.74, 6) is 0.631. The average Bonchev–Trinajstić information content (AvgIpc) is 3.92. The third-order valence-electron chi connectivity index (χ3n) is 11.8. The van der Waals surface area contributed by atoms with Crippen molar-refractivity contribution in [1.29, 1.82) is 0 Å². The highest BCUT2D eigenvalue weighted by Crippen LogP contribution is 2.40. The number of furan rings is 2. The van der Waals surface area contributed by atoms with Gasteiger partial charge in [0.25, 0.3) is 0 Å². The van der Waals surface area contributed by atoms with Crippen LogP contribution < -0.4 is 0 Å². The van der Waals surface area contributed by atoms with Gasteiger partial charge in [0.2, 0.25) is 0 Å². The monoisotopic (exact) mass is 793 g/mol. The molecule has 5 nitrogen and oxygen atoms in total. The highest BCUT2D eigenvalue weighted by atomic mass is 16.3. The molecule has 12 aromatic rings. The van der Waals surface area contributed by atoms with Crippen molar-refractivity contribution < 1.29 is 8.83 Å². The number of nitrogens with zero attached hydrogens (tertiary/aromatic N) is 3. The second-order valence-electron chi connectivity index (χ2n) is 15.6. The Kier molecular flexibility index (Phi) is 8.42. The van der Waals surface area contributed by atoms with E-state index in [1.807, 2.05) is 48.7 Å². The molecule has 0 amide bonds. The summed E-state index contributed by atoms with van der Waals surface area (Å²) in [6, 6.07) is 69.7. The maximum absolute atomic E-state index is 6.26. The van der Waals surface area contributed by atoms with Crippen molar-refractivity contribution in [2.45, 2.75) is 0 Å². The smallest absolute Gasteiger partial charge is 0.161 e.